The maximum absolute atomic E-state index is 9.59. The fourth-order valence-corrected chi connectivity index (χ4v) is 3.07. The predicted molar refractivity (Wildman–Crippen MR) is 83.6 cm³/mol. The molecule has 2 aromatic carbocycles. The Morgan fingerprint density at radius 3 is 2.86 bits per heavy atom. The Morgan fingerprint density at radius 1 is 1.24 bits per heavy atom. The number of benzene rings is 2. The number of hydrogen-bond acceptors (Lipinski definition) is 3. The molecule has 0 fully saturated rings. The molecule has 0 aliphatic heterocycles. The number of anilines is 1. The van der Waals surface area contributed by atoms with Crippen molar-refractivity contribution in [1.29, 1.82) is 5.26 Å². The summed E-state index contributed by atoms with van der Waals surface area (Å²) in [7, 11) is 0. The van der Waals surface area contributed by atoms with Crippen molar-refractivity contribution in [2.45, 2.75) is 25.3 Å². The van der Waals surface area contributed by atoms with Crippen molar-refractivity contribution in [2.75, 3.05) is 5.32 Å². The second-order valence-corrected chi connectivity index (χ2v) is 5.69. The summed E-state index contributed by atoms with van der Waals surface area (Å²) in [5, 5.41) is 22.4. The molecule has 0 radical (unpaired) electrons. The maximum Gasteiger partial charge on any atom is 0.115 e. The highest BCUT2D eigenvalue weighted by Gasteiger charge is 2.20. The highest BCUT2D eigenvalue weighted by Crippen LogP contribution is 2.34. The molecule has 1 aliphatic carbocycles. The molecule has 1 unspecified atom stereocenters. The number of rotatable bonds is 2. The standard InChI is InChI=1S/C17H15ClN2O/c18-16-9-13(5-4-12(16)10-19)20-17-3-1-2-11-8-14(21)6-7-15(11)17/h4-9,17,20-21H,1-3H2. The van der Waals surface area contributed by atoms with Crippen LogP contribution < -0.4 is 5.32 Å². The van der Waals surface area contributed by atoms with Crippen LogP contribution in [0.2, 0.25) is 5.02 Å². The molecule has 0 spiro atoms. The number of fused-ring (bicyclic) bond motifs is 1. The van der Waals surface area contributed by atoms with Crippen LogP contribution in [0.5, 0.6) is 5.75 Å². The van der Waals surface area contributed by atoms with Gasteiger partial charge in [0.2, 0.25) is 0 Å². The first-order valence-corrected chi connectivity index (χ1v) is 7.33. The van der Waals surface area contributed by atoms with E-state index in [0.29, 0.717) is 16.3 Å². The number of aromatic hydroxyl groups is 1. The molecule has 4 heteroatoms. The van der Waals surface area contributed by atoms with Gasteiger partial charge in [0.1, 0.15) is 11.8 Å². The Kier molecular flexibility index (Phi) is 3.72. The van der Waals surface area contributed by atoms with Gasteiger partial charge in [0.05, 0.1) is 16.6 Å². The zero-order valence-electron chi connectivity index (χ0n) is 11.4. The number of hydrogen-bond donors (Lipinski definition) is 2. The SMILES string of the molecule is N#Cc1ccc(NC2CCCc3cc(O)ccc32)cc1Cl. The van der Waals surface area contributed by atoms with E-state index < -0.39 is 0 Å². The number of nitrogens with zero attached hydrogens (tertiary/aromatic N) is 1. The number of halogens is 1. The van der Waals surface area contributed by atoms with E-state index in [2.05, 4.69) is 11.4 Å². The average molecular weight is 299 g/mol. The van der Waals surface area contributed by atoms with Crippen molar-refractivity contribution in [2.24, 2.45) is 0 Å². The Bertz CT molecular complexity index is 721. The zero-order valence-corrected chi connectivity index (χ0v) is 12.2. The highest BCUT2D eigenvalue weighted by atomic mass is 35.5. The number of nitriles is 1. The fraction of sp³-hybridized carbons (Fsp3) is 0.235. The van der Waals surface area contributed by atoms with Gasteiger partial charge in [-0.1, -0.05) is 17.7 Å². The van der Waals surface area contributed by atoms with Crippen molar-refractivity contribution in [3.05, 3.63) is 58.1 Å². The lowest BCUT2D eigenvalue weighted by Crippen LogP contribution is -2.17. The van der Waals surface area contributed by atoms with Gasteiger partial charge in [-0.25, -0.2) is 0 Å². The first kappa shape index (κ1) is 13.8. The van der Waals surface area contributed by atoms with Gasteiger partial charge in [-0.2, -0.15) is 5.26 Å². The van der Waals surface area contributed by atoms with E-state index in [1.807, 2.05) is 18.2 Å². The van der Waals surface area contributed by atoms with Crippen LogP contribution >= 0.6 is 11.6 Å². The topological polar surface area (TPSA) is 56.0 Å². The molecule has 3 rings (SSSR count). The van der Waals surface area contributed by atoms with Crippen LogP contribution in [0.4, 0.5) is 5.69 Å². The number of aryl methyl sites for hydroxylation is 1. The van der Waals surface area contributed by atoms with Gasteiger partial charge in [-0.3, -0.25) is 0 Å². The van der Waals surface area contributed by atoms with Crippen molar-refractivity contribution >= 4 is 17.3 Å². The summed E-state index contributed by atoms with van der Waals surface area (Å²) in [6, 6.07) is 13.2. The van der Waals surface area contributed by atoms with E-state index in [9.17, 15) is 5.11 Å². The Labute approximate surface area is 128 Å². The lowest BCUT2D eigenvalue weighted by atomic mass is 9.87. The molecule has 2 N–H and O–H groups in total. The minimum absolute atomic E-state index is 0.207. The molecule has 1 aliphatic rings. The maximum atomic E-state index is 9.59. The van der Waals surface area contributed by atoms with E-state index in [-0.39, 0.29) is 6.04 Å². The lowest BCUT2D eigenvalue weighted by Gasteiger charge is -2.27. The van der Waals surface area contributed by atoms with Crippen LogP contribution in [-0.4, -0.2) is 5.11 Å². The smallest absolute Gasteiger partial charge is 0.115 e. The van der Waals surface area contributed by atoms with Crippen LogP contribution in [0.3, 0.4) is 0 Å². The highest BCUT2D eigenvalue weighted by molar-refractivity contribution is 6.32. The minimum atomic E-state index is 0.207. The molecule has 106 valence electrons. The summed E-state index contributed by atoms with van der Waals surface area (Å²) in [6.07, 6.45) is 3.11. The van der Waals surface area contributed by atoms with E-state index >= 15 is 0 Å². The van der Waals surface area contributed by atoms with Crippen LogP contribution in [0.15, 0.2) is 36.4 Å². The molecular formula is C17H15ClN2O. The second-order valence-electron chi connectivity index (χ2n) is 5.28. The Hall–Kier alpha value is -2.18. The van der Waals surface area contributed by atoms with Gasteiger partial charge in [0.15, 0.2) is 0 Å². The second kappa shape index (κ2) is 5.67. The number of nitrogens with one attached hydrogen (secondary N) is 1. The number of phenols is 1. The van der Waals surface area contributed by atoms with Crippen molar-refractivity contribution < 1.29 is 5.11 Å². The molecular weight excluding hydrogens is 284 g/mol. The molecule has 1 atom stereocenters. The zero-order chi connectivity index (χ0) is 14.8. The summed E-state index contributed by atoms with van der Waals surface area (Å²) >= 11 is 6.07. The summed E-state index contributed by atoms with van der Waals surface area (Å²) in [6.45, 7) is 0. The van der Waals surface area contributed by atoms with Gasteiger partial charge in [0, 0.05) is 5.69 Å². The molecule has 3 nitrogen and oxygen atoms in total. The van der Waals surface area contributed by atoms with Crippen LogP contribution in [-0.2, 0) is 6.42 Å². The molecule has 0 heterocycles. The molecule has 0 aromatic heterocycles. The quantitative estimate of drug-likeness (QED) is 0.863. The van der Waals surface area contributed by atoms with Crippen molar-refractivity contribution in [3.8, 4) is 11.8 Å². The monoisotopic (exact) mass is 298 g/mol. The Morgan fingerprint density at radius 2 is 2.10 bits per heavy atom. The first-order chi connectivity index (χ1) is 10.2. The van der Waals surface area contributed by atoms with Gasteiger partial charge >= 0.3 is 0 Å². The van der Waals surface area contributed by atoms with Gasteiger partial charge in [-0.15, -0.1) is 0 Å². The normalized spacial score (nSPS) is 16.9. The summed E-state index contributed by atoms with van der Waals surface area (Å²) < 4.78 is 0. The third kappa shape index (κ3) is 2.81. The molecule has 0 amide bonds. The van der Waals surface area contributed by atoms with Crippen molar-refractivity contribution in [1.82, 2.24) is 0 Å². The van der Waals surface area contributed by atoms with E-state index in [1.165, 1.54) is 11.1 Å². The minimum Gasteiger partial charge on any atom is -0.508 e. The summed E-state index contributed by atoms with van der Waals surface area (Å²) in [5.41, 5.74) is 3.80. The van der Waals surface area contributed by atoms with Crippen LogP contribution in [0.1, 0.15) is 35.6 Å². The third-order valence-corrected chi connectivity index (χ3v) is 4.18. The van der Waals surface area contributed by atoms with Gasteiger partial charge in [-0.05, 0) is 60.7 Å². The van der Waals surface area contributed by atoms with E-state index in [0.717, 1.165) is 24.9 Å². The van der Waals surface area contributed by atoms with Crippen LogP contribution in [0, 0.1) is 11.3 Å². The number of phenolic OH excluding ortho intramolecular Hbond substituents is 1. The van der Waals surface area contributed by atoms with Crippen LogP contribution in [0.25, 0.3) is 0 Å². The van der Waals surface area contributed by atoms with E-state index in [1.54, 1.807) is 18.2 Å². The Balaban J connectivity index is 1.87. The molecule has 0 saturated carbocycles. The fourth-order valence-electron chi connectivity index (χ4n) is 2.85. The molecule has 21 heavy (non-hydrogen) atoms. The largest absolute Gasteiger partial charge is 0.508 e. The average Bonchev–Trinajstić information content (AvgIpc) is 2.47. The summed E-state index contributed by atoms with van der Waals surface area (Å²) in [5.74, 6) is 0.316. The van der Waals surface area contributed by atoms with Gasteiger partial charge < -0.3 is 10.4 Å². The summed E-state index contributed by atoms with van der Waals surface area (Å²) in [4.78, 5) is 0. The first-order valence-electron chi connectivity index (χ1n) is 6.95. The van der Waals surface area contributed by atoms with E-state index in [4.69, 9.17) is 16.9 Å². The lowest BCUT2D eigenvalue weighted by molar-refractivity contribution is 0.472. The van der Waals surface area contributed by atoms with Gasteiger partial charge in [0.25, 0.3) is 0 Å². The third-order valence-electron chi connectivity index (χ3n) is 3.87. The van der Waals surface area contributed by atoms with Crippen molar-refractivity contribution in [3.63, 3.8) is 0 Å². The molecule has 0 saturated heterocycles. The molecule has 2 aromatic rings. The molecule has 0 bridgehead atoms. The predicted octanol–water partition coefficient (Wildman–Crippen LogP) is 4.41.